The number of fused-ring (bicyclic) bond motifs is 1. The number of allylic oxidation sites excluding steroid dienone is 1. The third-order valence-corrected chi connectivity index (χ3v) is 9.24. The van der Waals surface area contributed by atoms with Crippen molar-refractivity contribution in [1.82, 2.24) is 9.80 Å². The molecule has 3 aromatic carbocycles. The van der Waals surface area contributed by atoms with Crippen LogP contribution >= 0.6 is 24.0 Å². The molecular formula is C34H32N2O5S2. The highest BCUT2D eigenvalue weighted by atomic mass is 32.2. The minimum absolute atomic E-state index is 0.118. The number of aromatic carboxylic acids is 1. The lowest BCUT2D eigenvalue weighted by atomic mass is 9.98. The summed E-state index contributed by atoms with van der Waals surface area (Å²) in [6, 6.07) is 19.3. The maximum absolute atomic E-state index is 13.4. The van der Waals surface area contributed by atoms with Crippen LogP contribution in [0.2, 0.25) is 0 Å². The molecule has 0 atom stereocenters. The molecule has 9 heteroatoms. The molecule has 0 unspecified atom stereocenters. The zero-order valence-electron chi connectivity index (χ0n) is 23.7. The SMILES string of the molecule is O=C(O)c1ccc(CCN2C(=O)/C(=C/c3ccc(OCCN4CCOCC4)c(-c4ccc5c(c4)C=CC5)c3)SC2=S)cc1. The van der Waals surface area contributed by atoms with E-state index in [0.29, 0.717) is 28.8 Å². The van der Waals surface area contributed by atoms with Crippen LogP contribution in [0.1, 0.15) is 32.6 Å². The fourth-order valence-corrected chi connectivity index (χ4v) is 6.72. The van der Waals surface area contributed by atoms with Crippen molar-refractivity contribution in [2.24, 2.45) is 0 Å². The van der Waals surface area contributed by atoms with Crippen LogP contribution in [0.3, 0.4) is 0 Å². The Balaban J connectivity index is 1.20. The lowest BCUT2D eigenvalue weighted by molar-refractivity contribution is -0.122. The number of hydrogen-bond donors (Lipinski definition) is 1. The molecule has 2 fully saturated rings. The van der Waals surface area contributed by atoms with Crippen LogP contribution in [-0.4, -0.2) is 77.1 Å². The van der Waals surface area contributed by atoms with Crippen molar-refractivity contribution >= 4 is 52.3 Å². The predicted octanol–water partition coefficient (Wildman–Crippen LogP) is 5.78. The summed E-state index contributed by atoms with van der Waals surface area (Å²) in [6.45, 7) is 5.20. The van der Waals surface area contributed by atoms with Gasteiger partial charge in [0.1, 0.15) is 16.7 Å². The van der Waals surface area contributed by atoms with E-state index >= 15 is 0 Å². The maximum atomic E-state index is 13.4. The van der Waals surface area contributed by atoms with Gasteiger partial charge in [-0.3, -0.25) is 14.6 Å². The average Bonchev–Trinajstić information content (AvgIpc) is 3.60. The molecule has 2 saturated heterocycles. The molecule has 0 saturated carbocycles. The number of nitrogens with zero attached hydrogens (tertiary/aromatic N) is 2. The van der Waals surface area contributed by atoms with E-state index in [-0.39, 0.29) is 11.5 Å². The number of rotatable bonds is 10. The zero-order chi connectivity index (χ0) is 29.8. The fraction of sp³-hybridized carbons (Fsp3) is 0.265. The van der Waals surface area contributed by atoms with E-state index in [4.69, 9.17) is 26.8 Å². The largest absolute Gasteiger partial charge is 0.492 e. The standard InChI is InChI=1S/C34H32N2O5S2/c37-32-31(43-34(42)36(32)13-12-23-4-7-26(8-5-23)33(38)39)21-24-6-11-30(41-19-16-35-14-17-40-18-15-35)29(20-24)28-10-9-25-2-1-3-27(25)22-28/h1,3-11,20-22H,2,12-19H2,(H,38,39)/b31-21-. The van der Waals surface area contributed by atoms with Gasteiger partial charge in [-0.05, 0) is 77.1 Å². The molecule has 1 N–H and O–H groups in total. The summed E-state index contributed by atoms with van der Waals surface area (Å²) in [5.74, 6) is -0.265. The van der Waals surface area contributed by atoms with Crippen molar-refractivity contribution in [3.8, 4) is 16.9 Å². The summed E-state index contributed by atoms with van der Waals surface area (Å²) in [5, 5.41) is 9.13. The Hall–Kier alpha value is -3.76. The number of carbonyl (C=O) groups is 2. The first-order valence-corrected chi connectivity index (χ1v) is 15.6. The number of morpholine rings is 1. The van der Waals surface area contributed by atoms with Crippen LogP contribution < -0.4 is 4.74 Å². The number of thiocarbonyl (C=S) groups is 1. The number of carboxylic acid groups (broad SMARTS) is 1. The van der Waals surface area contributed by atoms with Crippen LogP contribution in [0, 0.1) is 0 Å². The van der Waals surface area contributed by atoms with E-state index in [1.165, 1.54) is 22.9 Å². The van der Waals surface area contributed by atoms with Gasteiger partial charge in [0.25, 0.3) is 5.91 Å². The second-order valence-electron chi connectivity index (χ2n) is 10.7. The van der Waals surface area contributed by atoms with Gasteiger partial charge >= 0.3 is 5.97 Å². The Morgan fingerprint density at radius 3 is 2.65 bits per heavy atom. The first-order chi connectivity index (χ1) is 20.9. The quantitative estimate of drug-likeness (QED) is 0.228. The van der Waals surface area contributed by atoms with E-state index in [0.717, 1.165) is 67.3 Å². The summed E-state index contributed by atoms with van der Waals surface area (Å²) in [6.07, 6.45) is 7.77. The summed E-state index contributed by atoms with van der Waals surface area (Å²) in [5.41, 5.74) is 6.68. The highest BCUT2D eigenvalue weighted by Crippen LogP contribution is 2.37. The van der Waals surface area contributed by atoms with Crippen LogP contribution in [0.15, 0.2) is 71.6 Å². The number of carbonyl (C=O) groups excluding carboxylic acids is 1. The second-order valence-corrected chi connectivity index (χ2v) is 12.3. The fourth-order valence-electron chi connectivity index (χ4n) is 5.41. The molecule has 0 radical (unpaired) electrons. The van der Waals surface area contributed by atoms with Crippen molar-refractivity contribution in [2.75, 3.05) is 46.0 Å². The van der Waals surface area contributed by atoms with Gasteiger partial charge in [0.15, 0.2) is 0 Å². The molecule has 2 aliphatic heterocycles. The molecule has 220 valence electrons. The first-order valence-electron chi connectivity index (χ1n) is 14.4. The molecule has 0 aromatic heterocycles. The molecule has 1 amide bonds. The van der Waals surface area contributed by atoms with Crippen molar-refractivity contribution in [3.63, 3.8) is 0 Å². The molecule has 43 heavy (non-hydrogen) atoms. The summed E-state index contributed by atoms with van der Waals surface area (Å²) < 4.78 is 12.3. The van der Waals surface area contributed by atoms with Gasteiger partial charge in [0.05, 0.1) is 23.7 Å². The average molecular weight is 613 g/mol. The van der Waals surface area contributed by atoms with E-state index < -0.39 is 5.97 Å². The minimum atomic E-state index is -0.961. The highest BCUT2D eigenvalue weighted by Gasteiger charge is 2.31. The first kappa shape index (κ1) is 29.3. The van der Waals surface area contributed by atoms with Crippen molar-refractivity contribution in [3.05, 3.63) is 99.5 Å². The van der Waals surface area contributed by atoms with Gasteiger partial charge in [0.2, 0.25) is 0 Å². The van der Waals surface area contributed by atoms with Gasteiger partial charge in [-0.15, -0.1) is 0 Å². The van der Waals surface area contributed by atoms with E-state index in [1.807, 2.05) is 18.2 Å². The Morgan fingerprint density at radius 1 is 1.05 bits per heavy atom. The van der Waals surface area contributed by atoms with Crippen molar-refractivity contribution < 1.29 is 24.2 Å². The van der Waals surface area contributed by atoms with Crippen LogP contribution in [0.25, 0.3) is 23.3 Å². The van der Waals surface area contributed by atoms with E-state index in [1.54, 1.807) is 29.2 Å². The normalized spacial score (nSPS) is 17.6. The van der Waals surface area contributed by atoms with Gasteiger partial charge in [-0.2, -0.15) is 0 Å². The molecule has 3 aromatic rings. The number of ether oxygens (including phenoxy) is 2. The predicted molar refractivity (Wildman–Crippen MR) is 174 cm³/mol. The number of amides is 1. The number of carboxylic acids is 1. The third-order valence-electron chi connectivity index (χ3n) is 7.86. The van der Waals surface area contributed by atoms with Gasteiger partial charge in [0, 0.05) is 31.7 Å². The van der Waals surface area contributed by atoms with Gasteiger partial charge < -0.3 is 14.6 Å². The van der Waals surface area contributed by atoms with Crippen LogP contribution in [-0.2, 0) is 22.4 Å². The van der Waals surface area contributed by atoms with Gasteiger partial charge in [-0.25, -0.2) is 4.79 Å². The Labute approximate surface area is 260 Å². The monoisotopic (exact) mass is 612 g/mol. The molecule has 0 bridgehead atoms. The number of thioether (sulfide) groups is 1. The Bertz CT molecular complexity index is 1610. The third kappa shape index (κ3) is 6.91. The van der Waals surface area contributed by atoms with E-state index in [2.05, 4.69) is 41.3 Å². The second kappa shape index (κ2) is 13.3. The topological polar surface area (TPSA) is 79.3 Å². The Morgan fingerprint density at radius 2 is 1.86 bits per heavy atom. The molecule has 6 rings (SSSR count). The lowest BCUT2D eigenvalue weighted by Crippen LogP contribution is -2.38. The maximum Gasteiger partial charge on any atom is 0.335 e. The molecule has 3 aliphatic rings. The van der Waals surface area contributed by atoms with Gasteiger partial charge in [-0.1, -0.05) is 66.5 Å². The molecule has 0 spiro atoms. The lowest BCUT2D eigenvalue weighted by Gasteiger charge is -2.26. The summed E-state index contributed by atoms with van der Waals surface area (Å²) in [7, 11) is 0. The summed E-state index contributed by atoms with van der Waals surface area (Å²) in [4.78, 5) is 29.0. The van der Waals surface area contributed by atoms with Crippen LogP contribution in [0.5, 0.6) is 5.75 Å². The molecule has 2 heterocycles. The molecule has 1 aliphatic carbocycles. The highest BCUT2D eigenvalue weighted by molar-refractivity contribution is 8.26. The van der Waals surface area contributed by atoms with E-state index in [9.17, 15) is 9.59 Å². The number of benzene rings is 3. The smallest absolute Gasteiger partial charge is 0.335 e. The Kier molecular flexibility index (Phi) is 9.04. The minimum Gasteiger partial charge on any atom is -0.492 e. The van der Waals surface area contributed by atoms with Crippen molar-refractivity contribution in [2.45, 2.75) is 12.8 Å². The molecule has 7 nitrogen and oxygen atoms in total. The number of hydrogen-bond acceptors (Lipinski definition) is 7. The van der Waals surface area contributed by atoms with Crippen LogP contribution in [0.4, 0.5) is 0 Å². The van der Waals surface area contributed by atoms with Crippen molar-refractivity contribution in [1.29, 1.82) is 0 Å². The summed E-state index contributed by atoms with van der Waals surface area (Å²) >= 11 is 6.87. The zero-order valence-corrected chi connectivity index (χ0v) is 25.3. The molecular weight excluding hydrogens is 581 g/mol.